The van der Waals surface area contributed by atoms with Crippen molar-refractivity contribution in [2.75, 3.05) is 6.61 Å². The molecule has 1 heterocycles. The highest BCUT2D eigenvalue weighted by molar-refractivity contribution is 4.82. The topological polar surface area (TPSA) is 79.2 Å². The van der Waals surface area contributed by atoms with Crippen molar-refractivity contribution in [1.29, 1.82) is 0 Å². The lowest BCUT2D eigenvalue weighted by atomic mass is 10.00. The van der Waals surface area contributed by atoms with Crippen molar-refractivity contribution < 1.29 is 25.1 Å². The molecule has 1 aliphatic rings. The molecule has 1 rings (SSSR count). The molecule has 5 nitrogen and oxygen atoms in total. The molecule has 1 aliphatic heterocycles. The van der Waals surface area contributed by atoms with Crippen LogP contribution in [-0.4, -0.2) is 46.3 Å². The maximum Gasteiger partial charge on any atom is 0.121 e. The first kappa shape index (κ1) is 10.9. The van der Waals surface area contributed by atoms with Gasteiger partial charge in [-0.15, -0.1) is 0 Å². The zero-order valence-electron chi connectivity index (χ0n) is 7.59. The molecule has 0 spiro atoms. The molecular formula is C8H16O5. The molecule has 3 N–H and O–H groups in total. The average molecular weight is 192 g/mol. The first-order chi connectivity index (χ1) is 6.16. The minimum absolute atomic E-state index is 0.0399. The predicted octanol–water partition coefficient (Wildman–Crippen LogP) is -0.800. The van der Waals surface area contributed by atoms with Crippen LogP contribution in [0, 0.1) is 0 Å². The SMILES string of the molecule is C[C@H]1OO[C@@H](CCCO)[C@H](O)[C@@H]1O. The molecule has 0 radical (unpaired) electrons. The van der Waals surface area contributed by atoms with Crippen LogP contribution in [0.3, 0.4) is 0 Å². The maximum absolute atomic E-state index is 9.50. The zero-order chi connectivity index (χ0) is 9.84. The van der Waals surface area contributed by atoms with Crippen LogP contribution in [-0.2, 0) is 9.78 Å². The minimum atomic E-state index is -0.935. The molecule has 0 saturated carbocycles. The normalized spacial score (nSPS) is 40.6. The molecule has 0 aromatic carbocycles. The van der Waals surface area contributed by atoms with Gasteiger partial charge in [0.05, 0.1) is 0 Å². The van der Waals surface area contributed by atoms with Crippen LogP contribution in [0.25, 0.3) is 0 Å². The number of rotatable bonds is 3. The van der Waals surface area contributed by atoms with E-state index in [1.807, 2.05) is 0 Å². The molecule has 5 heteroatoms. The summed E-state index contributed by atoms with van der Waals surface area (Å²) in [6, 6.07) is 0. The number of hydrogen-bond donors (Lipinski definition) is 3. The van der Waals surface area contributed by atoms with Crippen LogP contribution in [0.4, 0.5) is 0 Å². The van der Waals surface area contributed by atoms with Gasteiger partial charge in [-0.1, -0.05) is 0 Å². The molecule has 13 heavy (non-hydrogen) atoms. The number of hydrogen-bond acceptors (Lipinski definition) is 5. The van der Waals surface area contributed by atoms with E-state index in [1.54, 1.807) is 6.92 Å². The van der Waals surface area contributed by atoms with Crippen LogP contribution < -0.4 is 0 Å². The Morgan fingerprint density at radius 2 is 1.85 bits per heavy atom. The Morgan fingerprint density at radius 1 is 1.15 bits per heavy atom. The van der Waals surface area contributed by atoms with Gasteiger partial charge in [0.2, 0.25) is 0 Å². The summed E-state index contributed by atoms with van der Waals surface area (Å²) in [7, 11) is 0. The van der Waals surface area contributed by atoms with Crippen LogP contribution in [0.2, 0.25) is 0 Å². The van der Waals surface area contributed by atoms with E-state index in [1.165, 1.54) is 0 Å². The Labute approximate surface area is 76.8 Å². The van der Waals surface area contributed by atoms with Crippen LogP contribution >= 0.6 is 0 Å². The van der Waals surface area contributed by atoms with E-state index in [2.05, 4.69) is 0 Å². The van der Waals surface area contributed by atoms with Crippen molar-refractivity contribution in [1.82, 2.24) is 0 Å². The summed E-state index contributed by atoms with van der Waals surface area (Å²) in [5.41, 5.74) is 0. The van der Waals surface area contributed by atoms with Crippen molar-refractivity contribution in [2.45, 2.75) is 44.2 Å². The van der Waals surface area contributed by atoms with Gasteiger partial charge in [-0.3, -0.25) is 0 Å². The van der Waals surface area contributed by atoms with Crippen LogP contribution in [0.5, 0.6) is 0 Å². The number of aliphatic hydroxyl groups excluding tert-OH is 3. The Morgan fingerprint density at radius 3 is 2.46 bits per heavy atom. The summed E-state index contributed by atoms with van der Waals surface area (Å²) >= 11 is 0. The van der Waals surface area contributed by atoms with Gasteiger partial charge in [-0.05, 0) is 19.8 Å². The Balaban J connectivity index is 2.39. The first-order valence-corrected chi connectivity index (χ1v) is 4.46. The third-order valence-corrected chi connectivity index (χ3v) is 2.19. The number of aliphatic hydroxyl groups is 3. The average Bonchev–Trinajstić information content (AvgIpc) is 2.13. The van der Waals surface area contributed by atoms with Crippen molar-refractivity contribution in [2.24, 2.45) is 0 Å². The Hall–Kier alpha value is -0.200. The van der Waals surface area contributed by atoms with Gasteiger partial charge in [-0.2, -0.15) is 0 Å². The molecule has 78 valence electrons. The highest BCUT2D eigenvalue weighted by atomic mass is 17.2. The molecule has 1 saturated heterocycles. The fourth-order valence-electron chi connectivity index (χ4n) is 1.28. The highest BCUT2D eigenvalue weighted by Crippen LogP contribution is 2.20. The van der Waals surface area contributed by atoms with E-state index in [0.717, 1.165) is 0 Å². The zero-order valence-corrected chi connectivity index (χ0v) is 7.59. The standard InChI is InChI=1S/C8H16O5/c1-5-7(10)8(11)6(13-12-5)3-2-4-9/h5-11H,2-4H2,1H3/t5-,6+,7-,8+/m1/s1. The van der Waals surface area contributed by atoms with Gasteiger partial charge in [0, 0.05) is 6.61 Å². The summed E-state index contributed by atoms with van der Waals surface area (Å²) < 4.78 is 0. The maximum atomic E-state index is 9.50. The van der Waals surface area contributed by atoms with Gasteiger partial charge in [-0.25, -0.2) is 9.78 Å². The second kappa shape index (κ2) is 4.88. The molecule has 0 aliphatic carbocycles. The Kier molecular flexibility index (Phi) is 4.08. The fourth-order valence-corrected chi connectivity index (χ4v) is 1.28. The van der Waals surface area contributed by atoms with E-state index in [0.29, 0.717) is 12.8 Å². The molecule has 0 amide bonds. The predicted molar refractivity (Wildman–Crippen MR) is 43.8 cm³/mol. The quantitative estimate of drug-likeness (QED) is 0.510. The van der Waals surface area contributed by atoms with Gasteiger partial charge >= 0.3 is 0 Å². The molecule has 0 unspecified atom stereocenters. The van der Waals surface area contributed by atoms with Crippen LogP contribution in [0.1, 0.15) is 19.8 Å². The fraction of sp³-hybridized carbons (Fsp3) is 1.00. The van der Waals surface area contributed by atoms with E-state index in [9.17, 15) is 10.2 Å². The summed E-state index contributed by atoms with van der Waals surface area (Å²) in [6.45, 7) is 1.66. The first-order valence-electron chi connectivity index (χ1n) is 4.46. The smallest absolute Gasteiger partial charge is 0.121 e. The lowest BCUT2D eigenvalue weighted by Gasteiger charge is -2.34. The largest absolute Gasteiger partial charge is 0.396 e. The monoisotopic (exact) mass is 192 g/mol. The van der Waals surface area contributed by atoms with Gasteiger partial charge in [0.25, 0.3) is 0 Å². The summed E-state index contributed by atoms with van der Waals surface area (Å²) in [6.07, 6.45) is -1.92. The van der Waals surface area contributed by atoms with Crippen molar-refractivity contribution in [3.8, 4) is 0 Å². The summed E-state index contributed by atoms with van der Waals surface area (Å²) in [5.74, 6) is 0. The lowest BCUT2D eigenvalue weighted by molar-refractivity contribution is -0.409. The lowest BCUT2D eigenvalue weighted by Crippen LogP contribution is -2.50. The second-order valence-electron chi connectivity index (χ2n) is 3.28. The molecule has 1 fully saturated rings. The molecular weight excluding hydrogens is 176 g/mol. The van der Waals surface area contributed by atoms with E-state index >= 15 is 0 Å². The second-order valence-corrected chi connectivity index (χ2v) is 3.28. The van der Waals surface area contributed by atoms with E-state index in [-0.39, 0.29) is 6.61 Å². The summed E-state index contributed by atoms with van der Waals surface area (Å²) in [4.78, 5) is 9.63. The van der Waals surface area contributed by atoms with Gasteiger partial charge in [0.1, 0.15) is 24.4 Å². The van der Waals surface area contributed by atoms with Crippen LogP contribution in [0.15, 0.2) is 0 Å². The third kappa shape index (κ3) is 2.62. The van der Waals surface area contributed by atoms with Crippen molar-refractivity contribution in [3.05, 3.63) is 0 Å². The Bertz CT molecular complexity index is 149. The van der Waals surface area contributed by atoms with E-state index in [4.69, 9.17) is 14.9 Å². The van der Waals surface area contributed by atoms with Crippen molar-refractivity contribution in [3.63, 3.8) is 0 Å². The molecule has 0 bridgehead atoms. The van der Waals surface area contributed by atoms with Crippen molar-refractivity contribution >= 4 is 0 Å². The minimum Gasteiger partial charge on any atom is -0.396 e. The van der Waals surface area contributed by atoms with Gasteiger partial charge < -0.3 is 15.3 Å². The highest BCUT2D eigenvalue weighted by Gasteiger charge is 2.37. The molecule has 4 atom stereocenters. The summed E-state index contributed by atoms with van der Waals surface area (Å²) in [5, 5.41) is 27.5. The molecule has 0 aromatic heterocycles. The third-order valence-electron chi connectivity index (χ3n) is 2.19. The van der Waals surface area contributed by atoms with E-state index < -0.39 is 24.4 Å². The molecule has 0 aromatic rings. The van der Waals surface area contributed by atoms with Gasteiger partial charge in [0.15, 0.2) is 0 Å².